The molecule has 2 bridgehead atoms. The van der Waals surface area contributed by atoms with Crippen LogP contribution in [0.2, 0.25) is 0 Å². The van der Waals surface area contributed by atoms with Crippen LogP contribution in [-0.2, 0) is 0 Å². The van der Waals surface area contributed by atoms with E-state index in [0.717, 1.165) is 36.8 Å². The van der Waals surface area contributed by atoms with Crippen LogP contribution in [0.4, 0.5) is 0 Å². The highest BCUT2D eigenvalue weighted by Gasteiger charge is 2.25. The minimum absolute atomic E-state index is 0. The highest BCUT2D eigenvalue weighted by Crippen LogP contribution is 2.30. The highest BCUT2D eigenvalue weighted by atomic mass is 14.9. The largest absolute Gasteiger partial charge is 0.330 e. The predicted molar refractivity (Wildman–Crippen MR) is 88.6 cm³/mol. The molecule has 0 aromatic heterocycles. The SMILES string of the molecule is C.C1C[C@@H]2CNC[C@H](C1)C2.NC[C@@H]1CCC[C@H](CN)C1. The van der Waals surface area contributed by atoms with Gasteiger partial charge in [0.1, 0.15) is 0 Å². The summed E-state index contributed by atoms with van der Waals surface area (Å²) in [5.74, 6) is 3.61. The summed E-state index contributed by atoms with van der Waals surface area (Å²) >= 11 is 0. The lowest BCUT2D eigenvalue weighted by molar-refractivity contribution is 0.208. The van der Waals surface area contributed by atoms with Gasteiger partial charge >= 0.3 is 0 Å². The number of nitrogens with two attached hydrogens (primary N) is 2. The molecule has 0 spiro atoms. The van der Waals surface area contributed by atoms with Crippen molar-refractivity contribution in [3.8, 4) is 0 Å². The third-order valence-corrected chi connectivity index (χ3v) is 5.32. The van der Waals surface area contributed by atoms with Crippen molar-refractivity contribution in [1.82, 2.24) is 5.32 Å². The molecular formula is C17H37N3. The molecule has 3 rings (SSSR count). The second-order valence-corrected chi connectivity index (χ2v) is 6.93. The summed E-state index contributed by atoms with van der Waals surface area (Å²) in [5.41, 5.74) is 11.2. The summed E-state index contributed by atoms with van der Waals surface area (Å²) < 4.78 is 0. The molecular weight excluding hydrogens is 246 g/mol. The molecule has 1 heterocycles. The van der Waals surface area contributed by atoms with Gasteiger partial charge in [0.15, 0.2) is 0 Å². The maximum absolute atomic E-state index is 5.58. The Hall–Kier alpha value is -0.120. The van der Waals surface area contributed by atoms with Gasteiger partial charge in [-0.1, -0.05) is 20.3 Å². The first-order valence-electron chi connectivity index (χ1n) is 8.42. The maximum atomic E-state index is 5.58. The van der Waals surface area contributed by atoms with Gasteiger partial charge in [-0.3, -0.25) is 0 Å². The van der Waals surface area contributed by atoms with Gasteiger partial charge < -0.3 is 16.8 Å². The average molecular weight is 284 g/mol. The van der Waals surface area contributed by atoms with Gasteiger partial charge in [0.05, 0.1) is 0 Å². The Labute approximate surface area is 126 Å². The van der Waals surface area contributed by atoms with Crippen LogP contribution in [0.5, 0.6) is 0 Å². The van der Waals surface area contributed by atoms with Crippen molar-refractivity contribution in [2.24, 2.45) is 35.1 Å². The molecule has 4 atom stereocenters. The van der Waals surface area contributed by atoms with Crippen molar-refractivity contribution in [3.63, 3.8) is 0 Å². The highest BCUT2D eigenvalue weighted by molar-refractivity contribution is 4.80. The van der Waals surface area contributed by atoms with Crippen molar-refractivity contribution in [2.75, 3.05) is 26.2 Å². The Morgan fingerprint density at radius 2 is 1.25 bits per heavy atom. The summed E-state index contributed by atoms with van der Waals surface area (Å²) in [6.07, 6.45) is 11.3. The van der Waals surface area contributed by atoms with Crippen LogP contribution < -0.4 is 16.8 Å². The van der Waals surface area contributed by atoms with Gasteiger partial charge in [0.2, 0.25) is 0 Å². The van der Waals surface area contributed by atoms with E-state index in [0.29, 0.717) is 0 Å². The fourth-order valence-corrected chi connectivity index (χ4v) is 4.10. The van der Waals surface area contributed by atoms with Crippen molar-refractivity contribution in [1.29, 1.82) is 0 Å². The van der Waals surface area contributed by atoms with Crippen molar-refractivity contribution >= 4 is 0 Å². The van der Waals surface area contributed by atoms with Crippen LogP contribution >= 0.6 is 0 Å². The molecule has 1 saturated heterocycles. The lowest BCUT2D eigenvalue weighted by atomic mass is 9.79. The molecule has 3 fully saturated rings. The van der Waals surface area contributed by atoms with E-state index in [2.05, 4.69) is 5.32 Å². The molecule has 3 aliphatic rings. The van der Waals surface area contributed by atoms with Crippen LogP contribution in [-0.4, -0.2) is 26.2 Å². The van der Waals surface area contributed by atoms with Gasteiger partial charge in [-0.2, -0.15) is 0 Å². The molecule has 2 saturated carbocycles. The smallest absolute Gasteiger partial charge is 0.00203 e. The maximum Gasteiger partial charge on any atom is -0.00203 e. The average Bonchev–Trinajstić information content (AvgIpc) is 2.48. The molecule has 3 heteroatoms. The molecule has 3 nitrogen and oxygen atoms in total. The zero-order chi connectivity index (χ0) is 13.5. The van der Waals surface area contributed by atoms with Gasteiger partial charge in [-0.25, -0.2) is 0 Å². The molecule has 120 valence electrons. The Morgan fingerprint density at radius 1 is 0.750 bits per heavy atom. The van der Waals surface area contributed by atoms with E-state index in [1.807, 2.05) is 0 Å². The van der Waals surface area contributed by atoms with Crippen molar-refractivity contribution in [2.45, 2.75) is 58.8 Å². The lowest BCUT2D eigenvalue weighted by Gasteiger charge is -2.34. The van der Waals surface area contributed by atoms with Crippen LogP contribution in [0.3, 0.4) is 0 Å². The van der Waals surface area contributed by atoms with Crippen LogP contribution in [0.15, 0.2) is 0 Å². The normalized spacial score (nSPS) is 36.3. The fraction of sp³-hybridized carbons (Fsp3) is 1.00. The van der Waals surface area contributed by atoms with Crippen molar-refractivity contribution in [3.05, 3.63) is 0 Å². The summed E-state index contributed by atoms with van der Waals surface area (Å²) in [7, 11) is 0. The summed E-state index contributed by atoms with van der Waals surface area (Å²) in [6.45, 7) is 4.32. The quantitative estimate of drug-likeness (QED) is 0.730. The molecule has 1 aliphatic heterocycles. The third-order valence-electron chi connectivity index (χ3n) is 5.32. The van der Waals surface area contributed by atoms with Crippen LogP contribution in [0.25, 0.3) is 0 Å². The second-order valence-electron chi connectivity index (χ2n) is 6.93. The number of piperidine rings is 1. The van der Waals surface area contributed by atoms with E-state index in [1.54, 1.807) is 0 Å². The third kappa shape index (κ3) is 5.71. The molecule has 0 aromatic rings. The lowest BCUT2D eigenvalue weighted by Crippen LogP contribution is -2.38. The van der Waals surface area contributed by atoms with Crippen LogP contribution in [0, 0.1) is 23.7 Å². The standard InChI is InChI=1S/C8H18N2.C8H15N.CH4/c9-5-7-2-1-3-8(4-7)6-10;1-2-7-4-8(3-1)6-9-5-7;/h7-8H,1-6,9-10H2;7-9H,1-6H2;1H4/t2*7-,8+;. The minimum Gasteiger partial charge on any atom is -0.330 e. The topological polar surface area (TPSA) is 64.1 Å². The van der Waals surface area contributed by atoms with Gasteiger partial charge in [-0.05, 0) is 88.4 Å². The molecule has 0 unspecified atom stereocenters. The molecule has 0 aromatic carbocycles. The van der Waals surface area contributed by atoms with E-state index >= 15 is 0 Å². The Kier molecular flexibility index (Phi) is 8.74. The van der Waals surface area contributed by atoms with Crippen LogP contribution in [0.1, 0.15) is 58.8 Å². The summed E-state index contributed by atoms with van der Waals surface area (Å²) in [4.78, 5) is 0. The summed E-state index contributed by atoms with van der Waals surface area (Å²) in [5, 5.41) is 3.49. The second kappa shape index (κ2) is 9.75. The Bertz CT molecular complexity index is 214. The zero-order valence-corrected chi connectivity index (χ0v) is 12.4. The summed E-state index contributed by atoms with van der Waals surface area (Å²) in [6, 6.07) is 0. The fourth-order valence-electron chi connectivity index (χ4n) is 4.10. The first kappa shape index (κ1) is 17.9. The monoisotopic (exact) mass is 283 g/mol. The Morgan fingerprint density at radius 3 is 1.70 bits per heavy atom. The van der Waals surface area contributed by atoms with Gasteiger partial charge in [0, 0.05) is 0 Å². The van der Waals surface area contributed by atoms with E-state index in [-0.39, 0.29) is 7.43 Å². The molecule has 20 heavy (non-hydrogen) atoms. The molecule has 5 N–H and O–H groups in total. The Balaban J connectivity index is 0.000000191. The molecule has 0 amide bonds. The minimum atomic E-state index is 0. The number of hydrogen-bond donors (Lipinski definition) is 3. The van der Waals surface area contributed by atoms with Crippen molar-refractivity contribution < 1.29 is 0 Å². The first-order chi connectivity index (χ1) is 9.31. The van der Waals surface area contributed by atoms with E-state index in [1.165, 1.54) is 64.5 Å². The number of nitrogens with one attached hydrogen (secondary N) is 1. The van der Waals surface area contributed by atoms with Gasteiger partial charge in [-0.15, -0.1) is 0 Å². The van der Waals surface area contributed by atoms with E-state index in [4.69, 9.17) is 11.5 Å². The van der Waals surface area contributed by atoms with E-state index in [9.17, 15) is 0 Å². The number of fused-ring (bicyclic) bond motifs is 2. The molecule has 0 radical (unpaired) electrons. The first-order valence-corrected chi connectivity index (χ1v) is 8.42. The van der Waals surface area contributed by atoms with Gasteiger partial charge in [0.25, 0.3) is 0 Å². The number of hydrogen-bond acceptors (Lipinski definition) is 3. The van der Waals surface area contributed by atoms with E-state index < -0.39 is 0 Å². The predicted octanol–water partition coefficient (Wildman–Crippen LogP) is 2.74. The number of rotatable bonds is 2. The zero-order valence-electron chi connectivity index (χ0n) is 12.4. The molecule has 2 aliphatic carbocycles.